The Morgan fingerprint density at radius 1 is 1.28 bits per heavy atom. The SMILES string of the molecule is C[SiH](C)Nc1nc(Cl)c2c(C(C)(C)C)c[nH]c2n1. The van der Waals surface area contributed by atoms with Crippen LogP contribution in [0.15, 0.2) is 6.20 Å². The van der Waals surface area contributed by atoms with E-state index in [0.29, 0.717) is 11.1 Å². The number of halogens is 1. The molecule has 0 atom stereocenters. The maximum absolute atomic E-state index is 6.30. The molecule has 0 bridgehead atoms. The van der Waals surface area contributed by atoms with E-state index in [2.05, 4.69) is 53.8 Å². The number of aromatic amines is 1. The van der Waals surface area contributed by atoms with E-state index >= 15 is 0 Å². The fraction of sp³-hybridized carbons (Fsp3) is 0.500. The van der Waals surface area contributed by atoms with E-state index in [1.54, 1.807) is 0 Å². The monoisotopic (exact) mass is 282 g/mol. The molecule has 2 heterocycles. The number of hydrogen-bond acceptors (Lipinski definition) is 3. The predicted octanol–water partition coefficient (Wildman–Crippen LogP) is 3.30. The van der Waals surface area contributed by atoms with Crippen molar-refractivity contribution in [3.05, 3.63) is 16.9 Å². The highest BCUT2D eigenvalue weighted by atomic mass is 35.5. The third-order valence-corrected chi connectivity index (χ3v) is 3.82. The van der Waals surface area contributed by atoms with Gasteiger partial charge in [-0.25, -0.2) is 4.98 Å². The van der Waals surface area contributed by atoms with Gasteiger partial charge in [0.1, 0.15) is 19.8 Å². The van der Waals surface area contributed by atoms with Crippen molar-refractivity contribution in [1.82, 2.24) is 15.0 Å². The fourth-order valence-electron chi connectivity index (χ4n) is 1.90. The Labute approximate surface area is 114 Å². The molecule has 18 heavy (non-hydrogen) atoms. The van der Waals surface area contributed by atoms with E-state index in [1.165, 1.54) is 0 Å². The van der Waals surface area contributed by atoms with Crippen LogP contribution in [0, 0.1) is 0 Å². The van der Waals surface area contributed by atoms with E-state index in [4.69, 9.17) is 11.6 Å². The van der Waals surface area contributed by atoms with Crippen LogP contribution in [0.2, 0.25) is 18.2 Å². The second-order valence-electron chi connectivity index (χ2n) is 5.81. The minimum absolute atomic E-state index is 0.0208. The van der Waals surface area contributed by atoms with Gasteiger partial charge >= 0.3 is 0 Å². The summed E-state index contributed by atoms with van der Waals surface area (Å²) in [6, 6.07) is 0. The molecular weight excluding hydrogens is 264 g/mol. The number of rotatable bonds is 2. The summed E-state index contributed by atoms with van der Waals surface area (Å²) in [7, 11) is -0.972. The van der Waals surface area contributed by atoms with Gasteiger partial charge in [0, 0.05) is 6.20 Å². The van der Waals surface area contributed by atoms with Crippen LogP contribution in [0.1, 0.15) is 26.3 Å². The summed E-state index contributed by atoms with van der Waals surface area (Å²) < 4.78 is 0. The lowest BCUT2D eigenvalue weighted by molar-refractivity contribution is 0.595. The summed E-state index contributed by atoms with van der Waals surface area (Å²) >= 11 is 6.30. The average molecular weight is 283 g/mol. The highest BCUT2D eigenvalue weighted by molar-refractivity contribution is 6.59. The average Bonchev–Trinajstić information content (AvgIpc) is 2.59. The number of hydrogen-bond donors (Lipinski definition) is 2. The highest BCUT2D eigenvalue weighted by Gasteiger charge is 2.21. The first kappa shape index (κ1) is 13.4. The molecule has 2 N–H and O–H groups in total. The Morgan fingerprint density at radius 3 is 2.50 bits per heavy atom. The Kier molecular flexibility index (Phi) is 3.38. The molecule has 0 aliphatic carbocycles. The molecule has 0 fully saturated rings. The van der Waals surface area contributed by atoms with Crippen molar-refractivity contribution in [2.75, 3.05) is 4.98 Å². The van der Waals surface area contributed by atoms with Crippen molar-refractivity contribution >= 4 is 37.5 Å². The zero-order valence-electron chi connectivity index (χ0n) is 11.4. The van der Waals surface area contributed by atoms with Crippen LogP contribution in [0.4, 0.5) is 5.95 Å². The largest absolute Gasteiger partial charge is 0.383 e. The van der Waals surface area contributed by atoms with Crippen molar-refractivity contribution < 1.29 is 0 Å². The Balaban J connectivity index is 2.57. The standard InChI is InChI=1S/C12H19ClN4Si/c1-12(2,3)7-6-14-10-8(7)9(13)15-11(16-10)17-18(4)5/h6,18H,1-5H3,(H2,14,15,16,17). The zero-order chi connectivity index (χ0) is 13.5. The van der Waals surface area contributed by atoms with Crippen LogP contribution in [0.5, 0.6) is 0 Å². The number of nitrogens with one attached hydrogen (secondary N) is 2. The van der Waals surface area contributed by atoms with Gasteiger partial charge in [-0.1, -0.05) is 45.5 Å². The quantitative estimate of drug-likeness (QED) is 0.656. The van der Waals surface area contributed by atoms with E-state index in [0.717, 1.165) is 16.6 Å². The van der Waals surface area contributed by atoms with Gasteiger partial charge in [-0.2, -0.15) is 4.98 Å². The maximum atomic E-state index is 6.30. The van der Waals surface area contributed by atoms with E-state index in [1.807, 2.05) is 6.20 Å². The molecule has 0 saturated heterocycles. The van der Waals surface area contributed by atoms with E-state index in [9.17, 15) is 0 Å². The summed E-state index contributed by atoms with van der Waals surface area (Å²) in [6.45, 7) is 10.8. The molecule has 0 unspecified atom stereocenters. The first-order valence-corrected chi connectivity index (χ1v) is 9.37. The van der Waals surface area contributed by atoms with Gasteiger partial charge in [-0.05, 0) is 11.0 Å². The maximum Gasteiger partial charge on any atom is 0.217 e. The number of fused-ring (bicyclic) bond motifs is 1. The fourth-order valence-corrected chi connectivity index (χ4v) is 2.82. The summed E-state index contributed by atoms with van der Waals surface area (Å²) in [5.41, 5.74) is 1.97. The van der Waals surface area contributed by atoms with Crippen LogP contribution in [-0.2, 0) is 5.41 Å². The first-order valence-electron chi connectivity index (χ1n) is 6.10. The minimum atomic E-state index is -0.972. The Hall–Kier alpha value is -1.07. The lowest BCUT2D eigenvalue weighted by atomic mass is 9.87. The van der Waals surface area contributed by atoms with Crippen LogP contribution >= 0.6 is 11.6 Å². The molecular formula is C12H19ClN4Si. The van der Waals surface area contributed by atoms with Crippen LogP contribution in [0.3, 0.4) is 0 Å². The molecule has 0 amide bonds. The van der Waals surface area contributed by atoms with Gasteiger partial charge < -0.3 is 9.97 Å². The van der Waals surface area contributed by atoms with Crippen molar-refractivity contribution in [2.24, 2.45) is 0 Å². The molecule has 6 heteroatoms. The number of anilines is 1. The molecule has 0 aliphatic rings. The van der Waals surface area contributed by atoms with Gasteiger partial charge in [-0.3, -0.25) is 0 Å². The van der Waals surface area contributed by atoms with E-state index < -0.39 is 8.96 Å². The molecule has 0 radical (unpaired) electrons. The second kappa shape index (κ2) is 4.55. The molecule has 98 valence electrons. The predicted molar refractivity (Wildman–Crippen MR) is 80.1 cm³/mol. The van der Waals surface area contributed by atoms with Gasteiger partial charge in [0.15, 0.2) is 0 Å². The Morgan fingerprint density at radius 2 is 1.94 bits per heavy atom. The zero-order valence-corrected chi connectivity index (χ0v) is 13.3. The molecule has 2 rings (SSSR count). The first-order chi connectivity index (χ1) is 8.29. The van der Waals surface area contributed by atoms with Crippen molar-refractivity contribution in [2.45, 2.75) is 39.3 Å². The van der Waals surface area contributed by atoms with Crippen LogP contribution in [-0.4, -0.2) is 23.9 Å². The Bertz CT molecular complexity index is 571. The lowest BCUT2D eigenvalue weighted by Crippen LogP contribution is -2.17. The minimum Gasteiger partial charge on any atom is -0.383 e. The molecule has 0 aliphatic heterocycles. The summed E-state index contributed by atoms with van der Waals surface area (Å²) in [5, 5.41) is 1.45. The van der Waals surface area contributed by atoms with Crippen LogP contribution < -0.4 is 4.98 Å². The number of nitrogens with zero attached hydrogens (tertiary/aromatic N) is 2. The molecule has 2 aromatic heterocycles. The lowest BCUT2D eigenvalue weighted by Gasteiger charge is -2.17. The normalized spacial score (nSPS) is 12.4. The molecule has 4 nitrogen and oxygen atoms in total. The number of aromatic nitrogens is 3. The summed E-state index contributed by atoms with van der Waals surface area (Å²) in [5.74, 6) is 0.622. The molecule has 0 saturated carbocycles. The molecule has 0 spiro atoms. The van der Waals surface area contributed by atoms with Crippen molar-refractivity contribution in [3.8, 4) is 0 Å². The van der Waals surface area contributed by atoms with Gasteiger partial charge in [0.05, 0.1) is 5.39 Å². The highest BCUT2D eigenvalue weighted by Crippen LogP contribution is 2.33. The smallest absolute Gasteiger partial charge is 0.217 e. The summed E-state index contributed by atoms with van der Waals surface area (Å²) in [6.07, 6.45) is 1.97. The third-order valence-electron chi connectivity index (χ3n) is 2.71. The van der Waals surface area contributed by atoms with Gasteiger partial charge in [-0.15, -0.1) is 0 Å². The third kappa shape index (κ3) is 2.52. The van der Waals surface area contributed by atoms with Crippen molar-refractivity contribution in [3.63, 3.8) is 0 Å². The van der Waals surface area contributed by atoms with E-state index in [-0.39, 0.29) is 5.41 Å². The van der Waals surface area contributed by atoms with Crippen molar-refractivity contribution in [1.29, 1.82) is 0 Å². The van der Waals surface area contributed by atoms with Gasteiger partial charge in [0.2, 0.25) is 5.95 Å². The second-order valence-corrected chi connectivity index (χ2v) is 8.77. The molecule has 2 aromatic rings. The summed E-state index contributed by atoms with van der Waals surface area (Å²) in [4.78, 5) is 15.3. The topological polar surface area (TPSA) is 53.6 Å². The van der Waals surface area contributed by atoms with Crippen LogP contribution in [0.25, 0.3) is 11.0 Å². The number of H-pyrrole nitrogens is 1. The molecule has 0 aromatic carbocycles. The van der Waals surface area contributed by atoms with Gasteiger partial charge in [0.25, 0.3) is 0 Å².